The van der Waals surface area contributed by atoms with Crippen LogP contribution in [-0.4, -0.2) is 42.8 Å². The average molecular weight is 241 g/mol. The largest absolute Gasteiger partial charge is 0.370 e. The molecule has 0 radical (unpaired) electrons. The Balaban J connectivity index is 2.72. The van der Waals surface area contributed by atoms with Crippen LogP contribution in [0.5, 0.6) is 0 Å². The van der Waals surface area contributed by atoms with Gasteiger partial charge in [0.1, 0.15) is 11.9 Å². The monoisotopic (exact) mass is 241 g/mol. The van der Waals surface area contributed by atoms with Crippen LogP contribution in [-0.2, 0) is 16.1 Å². The SMILES string of the molecule is COC(CN)C(=O)N(C)Cc1c(C)noc1C. The lowest BCUT2D eigenvalue weighted by Crippen LogP contribution is -2.41. The Morgan fingerprint density at radius 2 is 2.24 bits per heavy atom. The lowest BCUT2D eigenvalue weighted by Gasteiger charge is -2.21. The predicted molar refractivity (Wildman–Crippen MR) is 62.3 cm³/mol. The molecule has 0 aliphatic rings. The van der Waals surface area contributed by atoms with Gasteiger partial charge in [-0.1, -0.05) is 5.16 Å². The third kappa shape index (κ3) is 3.04. The van der Waals surface area contributed by atoms with Crippen molar-refractivity contribution in [2.24, 2.45) is 5.73 Å². The molecule has 1 aromatic rings. The summed E-state index contributed by atoms with van der Waals surface area (Å²) in [5.41, 5.74) is 7.17. The van der Waals surface area contributed by atoms with Crippen LogP contribution in [0.4, 0.5) is 0 Å². The van der Waals surface area contributed by atoms with Gasteiger partial charge in [0.25, 0.3) is 5.91 Å². The zero-order valence-electron chi connectivity index (χ0n) is 10.7. The molecule has 0 aliphatic carbocycles. The van der Waals surface area contributed by atoms with Crippen LogP contribution < -0.4 is 5.73 Å². The first-order chi connectivity index (χ1) is 8.01. The van der Waals surface area contributed by atoms with Crippen molar-refractivity contribution in [3.8, 4) is 0 Å². The van der Waals surface area contributed by atoms with Gasteiger partial charge in [-0.25, -0.2) is 0 Å². The summed E-state index contributed by atoms with van der Waals surface area (Å²) in [7, 11) is 3.18. The molecule has 0 spiro atoms. The van der Waals surface area contributed by atoms with Crippen molar-refractivity contribution in [2.45, 2.75) is 26.5 Å². The Morgan fingerprint density at radius 3 is 2.65 bits per heavy atom. The first kappa shape index (κ1) is 13.7. The molecule has 0 bridgehead atoms. The summed E-state index contributed by atoms with van der Waals surface area (Å²) in [5.74, 6) is 0.582. The van der Waals surface area contributed by atoms with E-state index in [1.54, 1.807) is 11.9 Å². The molecule has 1 atom stereocenters. The number of carbonyl (C=O) groups is 1. The maximum absolute atomic E-state index is 11.9. The van der Waals surface area contributed by atoms with E-state index in [0.29, 0.717) is 6.54 Å². The molecule has 0 saturated carbocycles. The second kappa shape index (κ2) is 5.79. The molecule has 1 aromatic heterocycles. The lowest BCUT2D eigenvalue weighted by molar-refractivity contribution is -0.140. The number of aryl methyl sites for hydroxylation is 2. The standard InChI is InChI=1S/C11H19N3O3/c1-7-9(8(2)17-13-7)6-14(3)11(15)10(5-12)16-4/h10H,5-6,12H2,1-4H3. The van der Waals surface area contributed by atoms with Crippen molar-refractivity contribution < 1.29 is 14.1 Å². The summed E-state index contributed by atoms with van der Waals surface area (Å²) in [4.78, 5) is 13.5. The summed E-state index contributed by atoms with van der Waals surface area (Å²) < 4.78 is 10.1. The van der Waals surface area contributed by atoms with E-state index >= 15 is 0 Å². The number of nitrogens with two attached hydrogens (primary N) is 1. The van der Waals surface area contributed by atoms with E-state index in [-0.39, 0.29) is 12.5 Å². The van der Waals surface area contributed by atoms with E-state index in [1.807, 2.05) is 13.8 Å². The summed E-state index contributed by atoms with van der Waals surface area (Å²) >= 11 is 0. The minimum absolute atomic E-state index is 0.144. The van der Waals surface area contributed by atoms with Crippen molar-refractivity contribution in [3.63, 3.8) is 0 Å². The minimum Gasteiger partial charge on any atom is -0.370 e. The van der Waals surface area contributed by atoms with Crippen LogP contribution in [0.15, 0.2) is 4.52 Å². The van der Waals surface area contributed by atoms with Gasteiger partial charge in [-0.05, 0) is 13.8 Å². The molecule has 0 aliphatic heterocycles. The average Bonchev–Trinajstić information content (AvgIpc) is 2.62. The number of carbonyl (C=O) groups excluding carboxylic acids is 1. The molecular weight excluding hydrogens is 222 g/mol. The van der Waals surface area contributed by atoms with E-state index in [0.717, 1.165) is 17.0 Å². The molecule has 1 amide bonds. The number of aromatic nitrogens is 1. The van der Waals surface area contributed by atoms with Crippen molar-refractivity contribution >= 4 is 5.91 Å². The Morgan fingerprint density at radius 1 is 1.59 bits per heavy atom. The smallest absolute Gasteiger partial charge is 0.253 e. The van der Waals surface area contributed by atoms with E-state index in [4.69, 9.17) is 15.0 Å². The van der Waals surface area contributed by atoms with E-state index < -0.39 is 6.10 Å². The van der Waals surface area contributed by atoms with Gasteiger partial charge in [0.15, 0.2) is 0 Å². The zero-order chi connectivity index (χ0) is 13.0. The predicted octanol–water partition coefficient (Wildman–Crippen LogP) is 0.224. The van der Waals surface area contributed by atoms with Crippen LogP contribution in [0.1, 0.15) is 17.0 Å². The fourth-order valence-electron chi connectivity index (χ4n) is 1.59. The molecule has 96 valence electrons. The highest BCUT2D eigenvalue weighted by Crippen LogP contribution is 2.14. The number of ether oxygens (including phenoxy) is 1. The highest BCUT2D eigenvalue weighted by molar-refractivity contribution is 5.80. The molecule has 1 unspecified atom stereocenters. The quantitative estimate of drug-likeness (QED) is 0.797. The summed E-state index contributed by atoms with van der Waals surface area (Å²) in [6.45, 7) is 4.28. The van der Waals surface area contributed by atoms with Crippen molar-refractivity contribution in [1.29, 1.82) is 0 Å². The molecule has 6 heteroatoms. The molecule has 2 N–H and O–H groups in total. The summed E-state index contributed by atoms with van der Waals surface area (Å²) in [6.07, 6.45) is -0.597. The van der Waals surface area contributed by atoms with E-state index in [1.165, 1.54) is 7.11 Å². The molecule has 0 saturated heterocycles. The Hall–Kier alpha value is -1.40. The molecule has 1 heterocycles. The topological polar surface area (TPSA) is 81.6 Å². The van der Waals surface area contributed by atoms with Gasteiger partial charge in [0.05, 0.1) is 12.2 Å². The van der Waals surface area contributed by atoms with Gasteiger partial charge in [-0.15, -0.1) is 0 Å². The Kier molecular flexibility index (Phi) is 4.65. The molecule has 0 aromatic carbocycles. The number of methoxy groups -OCH3 is 1. The van der Waals surface area contributed by atoms with Crippen LogP contribution in [0.25, 0.3) is 0 Å². The Bertz CT molecular complexity index is 366. The Labute approximate surface area is 101 Å². The fraction of sp³-hybridized carbons (Fsp3) is 0.636. The highest BCUT2D eigenvalue weighted by atomic mass is 16.5. The number of hydrogen-bond donors (Lipinski definition) is 1. The fourth-order valence-corrected chi connectivity index (χ4v) is 1.59. The van der Waals surface area contributed by atoms with Crippen LogP contribution in [0.2, 0.25) is 0 Å². The van der Waals surface area contributed by atoms with Gasteiger partial charge in [-0.3, -0.25) is 4.79 Å². The molecule has 1 rings (SSSR count). The summed E-state index contributed by atoms with van der Waals surface area (Å²) in [6, 6.07) is 0. The summed E-state index contributed by atoms with van der Waals surface area (Å²) in [5, 5.41) is 3.84. The second-order valence-electron chi connectivity index (χ2n) is 3.96. The molecule has 0 fully saturated rings. The number of hydrogen-bond acceptors (Lipinski definition) is 5. The van der Waals surface area contributed by atoms with Crippen LogP contribution >= 0.6 is 0 Å². The number of likely N-dealkylation sites (N-methyl/N-ethyl adjacent to an activating group) is 1. The third-order valence-corrected chi connectivity index (χ3v) is 2.73. The normalized spacial score (nSPS) is 12.5. The number of amides is 1. The first-order valence-corrected chi connectivity index (χ1v) is 5.40. The third-order valence-electron chi connectivity index (χ3n) is 2.73. The minimum atomic E-state index is -0.597. The van der Waals surface area contributed by atoms with Crippen LogP contribution in [0, 0.1) is 13.8 Å². The number of rotatable bonds is 5. The van der Waals surface area contributed by atoms with Gasteiger partial charge in [0.2, 0.25) is 0 Å². The van der Waals surface area contributed by atoms with Crippen molar-refractivity contribution in [2.75, 3.05) is 20.7 Å². The molecule has 6 nitrogen and oxygen atoms in total. The maximum Gasteiger partial charge on any atom is 0.253 e. The molecule has 17 heavy (non-hydrogen) atoms. The first-order valence-electron chi connectivity index (χ1n) is 5.40. The van der Waals surface area contributed by atoms with E-state index in [2.05, 4.69) is 5.16 Å². The van der Waals surface area contributed by atoms with E-state index in [9.17, 15) is 4.79 Å². The van der Waals surface area contributed by atoms with Gasteiger partial charge in [0, 0.05) is 26.3 Å². The maximum atomic E-state index is 11.9. The number of nitrogens with zero attached hydrogens (tertiary/aromatic N) is 2. The van der Waals surface area contributed by atoms with Gasteiger partial charge >= 0.3 is 0 Å². The van der Waals surface area contributed by atoms with Crippen molar-refractivity contribution in [3.05, 3.63) is 17.0 Å². The van der Waals surface area contributed by atoms with Crippen molar-refractivity contribution in [1.82, 2.24) is 10.1 Å². The van der Waals surface area contributed by atoms with Crippen LogP contribution in [0.3, 0.4) is 0 Å². The molecular formula is C11H19N3O3. The highest BCUT2D eigenvalue weighted by Gasteiger charge is 2.22. The van der Waals surface area contributed by atoms with Gasteiger partial charge in [-0.2, -0.15) is 0 Å². The van der Waals surface area contributed by atoms with Gasteiger partial charge < -0.3 is 19.9 Å². The lowest BCUT2D eigenvalue weighted by atomic mass is 10.2. The zero-order valence-corrected chi connectivity index (χ0v) is 10.7. The second-order valence-corrected chi connectivity index (χ2v) is 3.96.